The van der Waals surface area contributed by atoms with Gasteiger partial charge in [0.2, 0.25) is 0 Å². The van der Waals surface area contributed by atoms with Gasteiger partial charge >= 0.3 is 0 Å². The molecule has 0 saturated heterocycles. The van der Waals surface area contributed by atoms with Crippen molar-refractivity contribution in [3.63, 3.8) is 0 Å². The highest BCUT2D eigenvalue weighted by molar-refractivity contribution is 7.13. The van der Waals surface area contributed by atoms with Crippen molar-refractivity contribution in [3.8, 4) is 5.75 Å². The monoisotopic (exact) mass is 330 g/mol. The van der Waals surface area contributed by atoms with Crippen LogP contribution in [0.25, 0.3) is 0 Å². The topological polar surface area (TPSA) is 34.1 Å². The van der Waals surface area contributed by atoms with Crippen LogP contribution in [0.5, 0.6) is 5.75 Å². The molecule has 1 heterocycles. The third kappa shape index (κ3) is 4.00. The molecule has 0 aliphatic heterocycles. The molecule has 0 spiro atoms. The first-order valence-corrected chi connectivity index (χ1v) is 8.15. The van der Waals surface area contributed by atoms with Crippen molar-refractivity contribution < 1.29 is 4.74 Å². The molecule has 1 N–H and O–H groups in total. The fraction of sp³-hybridized carbons (Fsp3) is 0.118. The Labute approximate surface area is 138 Å². The Hall–Kier alpha value is -2.04. The lowest BCUT2D eigenvalue weighted by molar-refractivity contribution is 0.306. The van der Waals surface area contributed by atoms with E-state index in [1.165, 1.54) is 0 Å². The Balaban J connectivity index is 1.60. The van der Waals surface area contributed by atoms with Gasteiger partial charge in [-0.25, -0.2) is 4.98 Å². The number of hydrogen-bond donors (Lipinski definition) is 1. The number of benzene rings is 2. The number of thiazole rings is 1. The third-order valence-electron chi connectivity index (χ3n) is 3.13. The summed E-state index contributed by atoms with van der Waals surface area (Å²) in [4.78, 5) is 4.20. The largest absolute Gasteiger partial charge is 0.489 e. The number of hydrogen-bond acceptors (Lipinski definition) is 4. The number of nitrogens with one attached hydrogen (secondary N) is 1. The minimum Gasteiger partial charge on any atom is -0.489 e. The predicted molar refractivity (Wildman–Crippen MR) is 91.7 cm³/mol. The summed E-state index contributed by atoms with van der Waals surface area (Å²) in [5.74, 6) is 0.832. The Kier molecular flexibility index (Phi) is 4.93. The van der Waals surface area contributed by atoms with Crippen molar-refractivity contribution in [2.75, 3.05) is 5.32 Å². The van der Waals surface area contributed by atoms with Crippen molar-refractivity contribution in [1.29, 1.82) is 0 Å². The molecule has 2 aromatic carbocycles. The van der Waals surface area contributed by atoms with Crippen molar-refractivity contribution in [1.82, 2.24) is 4.98 Å². The Morgan fingerprint density at radius 2 is 2.05 bits per heavy atom. The minimum absolute atomic E-state index is 0.461. The average molecular weight is 331 g/mol. The molecule has 0 amide bonds. The van der Waals surface area contributed by atoms with Crippen LogP contribution in [0.2, 0.25) is 5.02 Å². The molecule has 3 aromatic rings. The number of ether oxygens (including phenoxy) is 1. The molecule has 0 unspecified atom stereocenters. The molecule has 0 bridgehead atoms. The summed E-state index contributed by atoms with van der Waals surface area (Å²) in [6, 6.07) is 15.7. The first-order valence-electron chi connectivity index (χ1n) is 6.90. The van der Waals surface area contributed by atoms with Crippen molar-refractivity contribution >= 4 is 28.1 Å². The molecule has 112 valence electrons. The van der Waals surface area contributed by atoms with Gasteiger partial charge in [-0.3, -0.25) is 0 Å². The number of aromatic nitrogens is 1. The molecule has 22 heavy (non-hydrogen) atoms. The standard InChI is InChI=1S/C17H15ClN2OS/c18-16-7-2-1-5-14(16)12-21-15-6-3-4-13(10-15)11-20-17-19-8-9-22-17/h1-10H,11-12H2,(H,19,20). The lowest BCUT2D eigenvalue weighted by Gasteiger charge is -2.09. The Morgan fingerprint density at radius 3 is 2.86 bits per heavy atom. The smallest absolute Gasteiger partial charge is 0.182 e. The highest BCUT2D eigenvalue weighted by atomic mass is 35.5. The van der Waals surface area contributed by atoms with Crippen molar-refractivity contribution in [2.24, 2.45) is 0 Å². The second-order valence-corrected chi connectivity index (χ2v) is 6.02. The quantitative estimate of drug-likeness (QED) is 0.691. The maximum atomic E-state index is 6.13. The van der Waals surface area contributed by atoms with E-state index in [0.29, 0.717) is 6.61 Å². The van der Waals surface area contributed by atoms with Gasteiger partial charge < -0.3 is 10.1 Å². The minimum atomic E-state index is 0.461. The van der Waals surface area contributed by atoms with Gasteiger partial charge in [0.15, 0.2) is 5.13 Å². The molecular formula is C17H15ClN2OS. The highest BCUT2D eigenvalue weighted by Gasteiger charge is 2.02. The Morgan fingerprint density at radius 1 is 1.14 bits per heavy atom. The third-order valence-corrected chi connectivity index (χ3v) is 4.23. The fourth-order valence-electron chi connectivity index (χ4n) is 2.01. The maximum absolute atomic E-state index is 6.13. The normalized spacial score (nSPS) is 10.4. The number of halogens is 1. The van der Waals surface area contributed by atoms with E-state index in [4.69, 9.17) is 16.3 Å². The molecule has 3 rings (SSSR count). The van der Waals surface area contributed by atoms with E-state index < -0.39 is 0 Å². The van der Waals surface area contributed by atoms with Crippen LogP contribution in [0.3, 0.4) is 0 Å². The number of nitrogens with zero attached hydrogens (tertiary/aromatic N) is 1. The lowest BCUT2D eigenvalue weighted by Crippen LogP contribution is -2.00. The van der Waals surface area contributed by atoms with Crippen LogP contribution >= 0.6 is 22.9 Å². The van der Waals surface area contributed by atoms with E-state index in [9.17, 15) is 0 Å². The Bertz CT molecular complexity index is 731. The van der Waals surface area contributed by atoms with Crippen LogP contribution in [0.4, 0.5) is 5.13 Å². The summed E-state index contributed by atoms with van der Waals surface area (Å²) >= 11 is 7.72. The van der Waals surface area contributed by atoms with Crippen LogP contribution in [-0.4, -0.2) is 4.98 Å². The van der Waals surface area contributed by atoms with E-state index in [0.717, 1.165) is 33.6 Å². The zero-order valence-corrected chi connectivity index (χ0v) is 13.4. The van der Waals surface area contributed by atoms with Gasteiger partial charge in [-0.2, -0.15) is 0 Å². The van der Waals surface area contributed by atoms with Gasteiger partial charge in [-0.1, -0.05) is 41.9 Å². The van der Waals surface area contributed by atoms with Crippen LogP contribution in [0.1, 0.15) is 11.1 Å². The van der Waals surface area contributed by atoms with Gasteiger partial charge in [0.05, 0.1) is 0 Å². The fourth-order valence-corrected chi connectivity index (χ4v) is 2.73. The first-order chi connectivity index (χ1) is 10.8. The van der Waals surface area contributed by atoms with E-state index in [1.807, 2.05) is 47.8 Å². The summed E-state index contributed by atoms with van der Waals surface area (Å²) in [7, 11) is 0. The van der Waals surface area contributed by atoms with Crippen LogP contribution in [0, 0.1) is 0 Å². The predicted octanol–water partition coefficient (Wildman–Crippen LogP) is 4.99. The summed E-state index contributed by atoms with van der Waals surface area (Å²) in [5.41, 5.74) is 2.13. The number of rotatable bonds is 6. The molecule has 3 nitrogen and oxygen atoms in total. The molecule has 1 aromatic heterocycles. The number of anilines is 1. The van der Waals surface area contributed by atoms with Gasteiger partial charge in [-0.05, 0) is 23.8 Å². The lowest BCUT2D eigenvalue weighted by atomic mass is 10.2. The van der Waals surface area contributed by atoms with E-state index in [1.54, 1.807) is 17.5 Å². The molecule has 5 heteroatoms. The first kappa shape index (κ1) is 14.9. The molecule has 0 radical (unpaired) electrons. The summed E-state index contributed by atoms with van der Waals surface area (Å²) in [6.45, 7) is 1.18. The maximum Gasteiger partial charge on any atom is 0.182 e. The van der Waals surface area contributed by atoms with Crippen LogP contribution in [-0.2, 0) is 13.2 Å². The van der Waals surface area contributed by atoms with Gasteiger partial charge in [0.1, 0.15) is 12.4 Å². The van der Waals surface area contributed by atoms with Crippen molar-refractivity contribution in [3.05, 3.63) is 76.3 Å². The summed E-state index contributed by atoms with van der Waals surface area (Å²) < 4.78 is 5.83. The second-order valence-electron chi connectivity index (χ2n) is 4.72. The molecule has 0 aliphatic carbocycles. The second kappa shape index (κ2) is 7.29. The van der Waals surface area contributed by atoms with Gasteiger partial charge in [0.25, 0.3) is 0 Å². The zero-order chi connectivity index (χ0) is 15.2. The summed E-state index contributed by atoms with van der Waals surface area (Å²) in [5, 5.41) is 6.88. The molecular weight excluding hydrogens is 316 g/mol. The SMILES string of the molecule is Clc1ccccc1COc1cccc(CNc2nccs2)c1. The highest BCUT2D eigenvalue weighted by Crippen LogP contribution is 2.20. The average Bonchev–Trinajstić information content (AvgIpc) is 3.06. The van der Waals surface area contributed by atoms with E-state index in [-0.39, 0.29) is 0 Å². The van der Waals surface area contributed by atoms with Gasteiger partial charge in [-0.15, -0.1) is 11.3 Å². The van der Waals surface area contributed by atoms with E-state index >= 15 is 0 Å². The molecule has 0 atom stereocenters. The molecule has 0 aliphatic rings. The van der Waals surface area contributed by atoms with Crippen molar-refractivity contribution in [2.45, 2.75) is 13.2 Å². The van der Waals surface area contributed by atoms with Crippen LogP contribution in [0.15, 0.2) is 60.1 Å². The van der Waals surface area contributed by atoms with Gasteiger partial charge in [0, 0.05) is 28.7 Å². The van der Waals surface area contributed by atoms with Crippen LogP contribution < -0.4 is 10.1 Å². The zero-order valence-electron chi connectivity index (χ0n) is 11.8. The molecule has 0 saturated carbocycles. The summed E-state index contributed by atoms with van der Waals surface area (Å²) in [6.07, 6.45) is 1.79. The molecule has 0 fully saturated rings. The van der Waals surface area contributed by atoms with E-state index in [2.05, 4.69) is 16.4 Å².